The first kappa shape index (κ1) is 26.3. The molecular formula is C26H26ClN4O5S-. The SMILES string of the molecule is COc1ccc(-c2cnsc2-c2cc(OC)c(OC)c(OC)c2)cc1NC(=O)[C@H](Cc1ccc[nH]1)[N-]Cl. The minimum atomic E-state index is -0.786. The van der Waals surface area contributed by atoms with E-state index >= 15 is 0 Å². The van der Waals surface area contributed by atoms with Gasteiger partial charge in [0, 0.05) is 29.2 Å². The lowest BCUT2D eigenvalue weighted by Gasteiger charge is -2.25. The molecule has 2 aromatic carbocycles. The summed E-state index contributed by atoms with van der Waals surface area (Å²) >= 11 is 7.11. The summed E-state index contributed by atoms with van der Waals surface area (Å²) in [6, 6.07) is 12.2. The van der Waals surface area contributed by atoms with Crippen molar-refractivity contribution in [1.82, 2.24) is 9.36 Å². The van der Waals surface area contributed by atoms with Crippen molar-refractivity contribution in [2.24, 2.45) is 0 Å². The number of nitrogens with one attached hydrogen (secondary N) is 2. The van der Waals surface area contributed by atoms with Crippen LogP contribution in [-0.4, -0.2) is 49.7 Å². The molecule has 0 aliphatic rings. The van der Waals surface area contributed by atoms with Crippen LogP contribution in [0.15, 0.2) is 54.9 Å². The third-order valence-corrected chi connectivity index (χ3v) is 6.85. The van der Waals surface area contributed by atoms with E-state index in [9.17, 15) is 4.79 Å². The first-order valence-corrected chi connectivity index (χ1v) is 12.3. The van der Waals surface area contributed by atoms with Crippen LogP contribution < -0.4 is 24.3 Å². The molecule has 11 heteroatoms. The fraction of sp³-hybridized carbons (Fsp3) is 0.231. The third kappa shape index (κ3) is 5.66. The summed E-state index contributed by atoms with van der Waals surface area (Å²) in [6.07, 6.45) is 3.90. The molecule has 4 rings (SSSR count). The summed E-state index contributed by atoms with van der Waals surface area (Å²) in [5.41, 5.74) is 3.88. The Kier molecular flexibility index (Phi) is 8.54. The molecule has 4 aromatic rings. The lowest BCUT2D eigenvalue weighted by atomic mass is 10.0. The number of rotatable bonds is 11. The van der Waals surface area contributed by atoms with Gasteiger partial charge < -0.3 is 34.1 Å². The number of halogens is 1. The van der Waals surface area contributed by atoms with E-state index in [2.05, 4.69) is 19.5 Å². The molecule has 0 aliphatic carbocycles. The number of methoxy groups -OCH3 is 4. The van der Waals surface area contributed by atoms with Crippen molar-refractivity contribution in [1.29, 1.82) is 0 Å². The number of aromatic amines is 1. The zero-order valence-corrected chi connectivity index (χ0v) is 22.3. The molecule has 0 unspecified atom stereocenters. The van der Waals surface area contributed by atoms with Crippen LogP contribution in [0.5, 0.6) is 23.0 Å². The van der Waals surface area contributed by atoms with Crippen LogP contribution in [0.4, 0.5) is 5.69 Å². The summed E-state index contributed by atoms with van der Waals surface area (Å²) in [4.78, 5) is 20.7. The maximum absolute atomic E-state index is 13.0. The van der Waals surface area contributed by atoms with Crippen LogP contribution in [0, 0.1) is 0 Å². The third-order valence-electron chi connectivity index (χ3n) is 5.76. The Balaban J connectivity index is 1.68. The molecule has 1 atom stereocenters. The van der Waals surface area contributed by atoms with Gasteiger partial charge in [0.2, 0.25) is 11.7 Å². The van der Waals surface area contributed by atoms with Gasteiger partial charge >= 0.3 is 0 Å². The second-order valence-electron chi connectivity index (χ2n) is 7.90. The van der Waals surface area contributed by atoms with Gasteiger partial charge in [0.25, 0.3) is 0 Å². The largest absolute Gasteiger partial charge is 0.564 e. The number of carbonyl (C=O) groups excluding carboxylic acids is 1. The molecule has 2 aromatic heterocycles. The topological polar surface area (TPSA) is 109 Å². The van der Waals surface area contributed by atoms with Crippen LogP contribution >= 0.6 is 23.3 Å². The fourth-order valence-electron chi connectivity index (χ4n) is 3.93. The van der Waals surface area contributed by atoms with Gasteiger partial charge in [0.1, 0.15) is 5.75 Å². The highest BCUT2D eigenvalue weighted by molar-refractivity contribution is 7.10. The maximum Gasteiger partial charge on any atom is 0.208 e. The van der Waals surface area contributed by atoms with Crippen molar-refractivity contribution in [3.8, 4) is 44.6 Å². The second-order valence-corrected chi connectivity index (χ2v) is 8.90. The average molecular weight is 542 g/mol. The van der Waals surface area contributed by atoms with Crippen LogP contribution in [0.2, 0.25) is 0 Å². The van der Waals surface area contributed by atoms with Gasteiger partial charge in [-0.25, -0.2) is 0 Å². The average Bonchev–Trinajstić information content (AvgIpc) is 3.63. The van der Waals surface area contributed by atoms with E-state index in [0.29, 0.717) is 35.1 Å². The van der Waals surface area contributed by atoms with E-state index in [-0.39, 0.29) is 5.91 Å². The van der Waals surface area contributed by atoms with Crippen molar-refractivity contribution in [2.75, 3.05) is 33.8 Å². The van der Waals surface area contributed by atoms with Gasteiger partial charge in [-0.2, -0.15) is 4.37 Å². The Morgan fingerprint density at radius 1 is 1.03 bits per heavy atom. The monoisotopic (exact) mass is 541 g/mol. The first-order valence-electron chi connectivity index (χ1n) is 11.2. The van der Waals surface area contributed by atoms with Crippen molar-refractivity contribution in [3.05, 3.63) is 65.4 Å². The molecule has 0 spiro atoms. The van der Waals surface area contributed by atoms with Crippen molar-refractivity contribution in [3.63, 3.8) is 0 Å². The predicted molar refractivity (Wildman–Crippen MR) is 145 cm³/mol. The molecule has 1 amide bonds. The number of H-pyrrole nitrogens is 1. The Bertz CT molecular complexity index is 1330. The van der Waals surface area contributed by atoms with Gasteiger partial charge in [0.15, 0.2) is 11.5 Å². The van der Waals surface area contributed by atoms with Gasteiger partial charge in [-0.3, -0.25) is 16.6 Å². The second kappa shape index (κ2) is 12.0. The molecule has 0 fully saturated rings. The number of aromatic nitrogens is 2. The highest BCUT2D eigenvalue weighted by atomic mass is 35.5. The minimum absolute atomic E-state index is 0.337. The molecule has 194 valence electrons. The lowest BCUT2D eigenvalue weighted by molar-refractivity contribution is -0.116. The molecular weight excluding hydrogens is 516 g/mol. The van der Waals surface area contributed by atoms with E-state index in [1.807, 2.05) is 36.4 Å². The Labute approximate surface area is 223 Å². The van der Waals surface area contributed by atoms with Crippen molar-refractivity contribution in [2.45, 2.75) is 12.5 Å². The maximum atomic E-state index is 13.0. The van der Waals surface area contributed by atoms with E-state index < -0.39 is 6.04 Å². The first-order chi connectivity index (χ1) is 18.0. The zero-order valence-electron chi connectivity index (χ0n) is 20.7. The fourth-order valence-corrected chi connectivity index (χ4v) is 4.84. The van der Waals surface area contributed by atoms with Gasteiger partial charge in [-0.15, -0.1) is 0 Å². The van der Waals surface area contributed by atoms with E-state index in [4.69, 9.17) is 30.7 Å². The lowest BCUT2D eigenvalue weighted by Crippen LogP contribution is -2.28. The molecule has 2 heterocycles. The molecule has 0 radical (unpaired) electrons. The molecule has 9 nitrogen and oxygen atoms in total. The summed E-state index contributed by atoms with van der Waals surface area (Å²) in [5, 5.41) is 2.91. The standard InChI is InChI=1S/C26H26ClN4O5S/c1-33-21-8-7-15(10-19(21)30-26(32)20(31-27)13-17-6-5-9-28-17)18-14-29-37-25(18)16-11-22(34-2)24(36-4)23(12-16)35-3/h5-12,14,20,28H,13H2,1-4H3,(H,30,32)/q-1/t20-/m0/s1. The Hall–Kier alpha value is -3.73. The summed E-state index contributed by atoms with van der Waals surface area (Å²) < 4.78 is 26.4. The van der Waals surface area contributed by atoms with Gasteiger partial charge in [0.05, 0.1) is 39.0 Å². The van der Waals surface area contributed by atoms with Gasteiger partial charge in [-0.05, 0) is 66.0 Å². The normalized spacial score (nSPS) is 11.6. The van der Waals surface area contributed by atoms with Gasteiger partial charge in [-0.1, -0.05) is 6.07 Å². The van der Waals surface area contributed by atoms with E-state index in [1.165, 1.54) is 11.5 Å². The van der Waals surface area contributed by atoms with Crippen LogP contribution in [-0.2, 0) is 11.2 Å². The number of hydrogen-bond donors (Lipinski definition) is 2. The number of amides is 1. The van der Waals surface area contributed by atoms with Crippen LogP contribution in [0.1, 0.15) is 5.69 Å². The van der Waals surface area contributed by atoms with Crippen molar-refractivity contribution < 1.29 is 23.7 Å². The number of anilines is 1. The zero-order chi connectivity index (χ0) is 26.4. The quantitative estimate of drug-likeness (QED) is 0.244. The molecule has 0 aliphatic heterocycles. The molecule has 0 bridgehead atoms. The number of ether oxygens (including phenoxy) is 4. The van der Waals surface area contributed by atoms with E-state index in [0.717, 1.165) is 27.3 Å². The highest BCUT2D eigenvalue weighted by Crippen LogP contribution is 2.45. The molecule has 0 saturated heterocycles. The molecule has 2 N–H and O–H groups in total. The summed E-state index contributed by atoms with van der Waals surface area (Å²) in [6.45, 7) is 0. The Morgan fingerprint density at radius 2 is 1.76 bits per heavy atom. The van der Waals surface area contributed by atoms with E-state index in [1.54, 1.807) is 46.9 Å². The molecule has 0 saturated carbocycles. The van der Waals surface area contributed by atoms with Crippen LogP contribution in [0.3, 0.4) is 0 Å². The summed E-state index contributed by atoms with van der Waals surface area (Å²) in [7, 11) is 6.25. The Morgan fingerprint density at radius 3 is 2.35 bits per heavy atom. The highest BCUT2D eigenvalue weighted by Gasteiger charge is 2.20. The number of nitrogens with zero attached hydrogens (tertiary/aromatic N) is 2. The summed E-state index contributed by atoms with van der Waals surface area (Å²) in [5.74, 6) is 1.73. The number of hydrogen-bond acceptors (Lipinski definition) is 7. The number of carbonyl (C=O) groups is 1. The minimum Gasteiger partial charge on any atom is -0.564 e. The van der Waals surface area contributed by atoms with Crippen LogP contribution in [0.25, 0.3) is 26.4 Å². The molecule has 37 heavy (non-hydrogen) atoms. The number of benzene rings is 2. The van der Waals surface area contributed by atoms with Crippen molar-refractivity contribution >= 4 is 34.9 Å². The predicted octanol–water partition coefficient (Wildman–Crippen LogP) is 5.92. The smallest absolute Gasteiger partial charge is 0.208 e.